The first-order valence-corrected chi connectivity index (χ1v) is 6.60. The van der Waals surface area contributed by atoms with Crippen LogP contribution in [-0.4, -0.2) is 29.4 Å². The summed E-state index contributed by atoms with van der Waals surface area (Å²) in [4.78, 5) is 13.2. The van der Waals surface area contributed by atoms with Gasteiger partial charge in [0, 0.05) is 18.8 Å². The van der Waals surface area contributed by atoms with E-state index in [2.05, 4.69) is 11.9 Å². The second kappa shape index (κ2) is 5.42. The molecule has 0 bridgehead atoms. The van der Waals surface area contributed by atoms with Gasteiger partial charge in [0.25, 0.3) is 0 Å². The fourth-order valence-electron chi connectivity index (χ4n) is 2.50. The Morgan fingerprint density at radius 2 is 2.19 bits per heavy atom. The molecular formula is C15H17F3N2O. The summed E-state index contributed by atoms with van der Waals surface area (Å²) >= 11 is 0. The van der Waals surface area contributed by atoms with Crippen molar-refractivity contribution in [2.24, 2.45) is 0 Å². The molecule has 0 saturated carbocycles. The SMILES string of the molecule is C=CC(=O)N1CC[C@@](C)(Nc2cccc(C(F)(F)F)c2)C1. The van der Waals surface area contributed by atoms with Crippen LogP contribution < -0.4 is 5.32 Å². The fraction of sp³-hybridized carbons (Fsp3) is 0.400. The third-order valence-electron chi connectivity index (χ3n) is 3.60. The highest BCUT2D eigenvalue weighted by atomic mass is 19.4. The summed E-state index contributed by atoms with van der Waals surface area (Å²) in [6.07, 6.45) is -2.45. The third kappa shape index (κ3) is 3.56. The normalized spacial score (nSPS) is 22.2. The van der Waals surface area contributed by atoms with Crippen molar-refractivity contribution in [1.29, 1.82) is 0 Å². The smallest absolute Gasteiger partial charge is 0.378 e. The summed E-state index contributed by atoms with van der Waals surface area (Å²) in [5.41, 5.74) is -0.726. The van der Waals surface area contributed by atoms with E-state index >= 15 is 0 Å². The number of nitrogens with one attached hydrogen (secondary N) is 1. The lowest BCUT2D eigenvalue weighted by Crippen LogP contribution is -2.39. The van der Waals surface area contributed by atoms with E-state index in [0.29, 0.717) is 25.2 Å². The number of anilines is 1. The number of benzene rings is 1. The molecule has 1 saturated heterocycles. The van der Waals surface area contributed by atoms with Gasteiger partial charge in [0.05, 0.1) is 11.1 Å². The van der Waals surface area contributed by atoms with Crippen molar-refractivity contribution < 1.29 is 18.0 Å². The molecule has 1 heterocycles. The molecule has 114 valence electrons. The summed E-state index contributed by atoms with van der Waals surface area (Å²) < 4.78 is 38.1. The van der Waals surface area contributed by atoms with Gasteiger partial charge < -0.3 is 10.2 Å². The Hall–Kier alpha value is -1.98. The molecule has 21 heavy (non-hydrogen) atoms. The Balaban J connectivity index is 2.12. The van der Waals surface area contributed by atoms with Crippen LogP contribution in [0.1, 0.15) is 18.9 Å². The van der Waals surface area contributed by atoms with Gasteiger partial charge in [0.15, 0.2) is 0 Å². The van der Waals surface area contributed by atoms with Crippen molar-refractivity contribution in [2.45, 2.75) is 25.1 Å². The fourth-order valence-corrected chi connectivity index (χ4v) is 2.50. The molecule has 0 aliphatic carbocycles. The van der Waals surface area contributed by atoms with E-state index in [-0.39, 0.29) is 5.91 Å². The highest BCUT2D eigenvalue weighted by Gasteiger charge is 2.36. The molecule has 0 spiro atoms. The largest absolute Gasteiger partial charge is 0.416 e. The van der Waals surface area contributed by atoms with Crippen molar-refractivity contribution >= 4 is 11.6 Å². The molecule has 0 aromatic heterocycles. The highest BCUT2D eigenvalue weighted by Crippen LogP contribution is 2.32. The van der Waals surface area contributed by atoms with Crippen LogP contribution in [-0.2, 0) is 11.0 Å². The average Bonchev–Trinajstić information content (AvgIpc) is 2.79. The summed E-state index contributed by atoms with van der Waals surface area (Å²) in [7, 11) is 0. The van der Waals surface area contributed by atoms with Crippen LogP contribution >= 0.6 is 0 Å². The van der Waals surface area contributed by atoms with Crippen LogP contribution in [0.25, 0.3) is 0 Å². The Morgan fingerprint density at radius 1 is 1.48 bits per heavy atom. The predicted octanol–water partition coefficient (Wildman–Crippen LogP) is 3.29. The lowest BCUT2D eigenvalue weighted by molar-refractivity contribution is -0.137. The van der Waals surface area contributed by atoms with Crippen LogP contribution in [0.5, 0.6) is 0 Å². The summed E-state index contributed by atoms with van der Waals surface area (Å²) in [5.74, 6) is -0.162. The Labute approximate surface area is 121 Å². The number of hydrogen-bond acceptors (Lipinski definition) is 2. The maximum Gasteiger partial charge on any atom is 0.416 e. The molecule has 1 aliphatic rings. The maximum atomic E-state index is 12.7. The van der Waals surface area contributed by atoms with Crippen LogP contribution in [0.3, 0.4) is 0 Å². The van der Waals surface area contributed by atoms with E-state index < -0.39 is 17.3 Å². The van der Waals surface area contributed by atoms with Crippen molar-refractivity contribution in [3.05, 3.63) is 42.5 Å². The van der Waals surface area contributed by atoms with Crippen LogP contribution in [0.15, 0.2) is 36.9 Å². The van der Waals surface area contributed by atoms with Gasteiger partial charge in [-0.3, -0.25) is 4.79 Å². The van der Waals surface area contributed by atoms with Gasteiger partial charge in [0.2, 0.25) is 5.91 Å². The first-order chi connectivity index (χ1) is 9.73. The standard InChI is InChI=1S/C15H17F3N2O/c1-3-13(21)20-8-7-14(2,10-20)19-12-6-4-5-11(9-12)15(16,17)18/h3-6,9,19H,1,7-8,10H2,2H3/t14-/m1/s1. The van der Waals surface area contributed by atoms with E-state index in [0.717, 1.165) is 12.1 Å². The highest BCUT2D eigenvalue weighted by molar-refractivity contribution is 5.87. The molecular weight excluding hydrogens is 281 g/mol. The van der Waals surface area contributed by atoms with Crippen molar-refractivity contribution in [2.75, 3.05) is 18.4 Å². The van der Waals surface area contributed by atoms with Gasteiger partial charge >= 0.3 is 6.18 Å². The average molecular weight is 298 g/mol. The van der Waals surface area contributed by atoms with E-state index in [1.54, 1.807) is 11.0 Å². The monoisotopic (exact) mass is 298 g/mol. The molecule has 1 aromatic rings. The van der Waals surface area contributed by atoms with E-state index in [1.807, 2.05) is 6.92 Å². The lowest BCUT2D eigenvalue weighted by atomic mass is 10.0. The quantitative estimate of drug-likeness (QED) is 0.868. The number of alkyl halides is 3. The lowest BCUT2D eigenvalue weighted by Gasteiger charge is -2.27. The van der Waals surface area contributed by atoms with Gasteiger partial charge in [-0.05, 0) is 37.6 Å². The van der Waals surface area contributed by atoms with E-state index in [9.17, 15) is 18.0 Å². The van der Waals surface area contributed by atoms with Gasteiger partial charge in [-0.2, -0.15) is 13.2 Å². The first kappa shape index (κ1) is 15.4. The first-order valence-electron chi connectivity index (χ1n) is 6.60. The zero-order valence-electron chi connectivity index (χ0n) is 11.7. The predicted molar refractivity (Wildman–Crippen MR) is 74.9 cm³/mol. The second-order valence-electron chi connectivity index (χ2n) is 5.48. The molecule has 1 atom stereocenters. The summed E-state index contributed by atoms with van der Waals surface area (Å²) in [5, 5.41) is 3.11. The molecule has 1 N–H and O–H groups in total. The van der Waals surface area contributed by atoms with Gasteiger partial charge in [-0.25, -0.2) is 0 Å². The summed E-state index contributed by atoms with van der Waals surface area (Å²) in [6, 6.07) is 5.09. The van der Waals surface area contributed by atoms with Crippen molar-refractivity contribution in [1.82, 2.24) is 4.90 Å². The minimum absolute atomic E-state index is 0.162. The molecule has 1 amide bonds. The van der Waals surface area contributed by atoms with Gasteiger partial charge in [-0.15, -0.1) is 0 Å². The van der Waals surface area contributed by atoms with Crippen LogP contribution in [0, 0.1) is 0 Å². The molecule has 1 aromatic carbocycles. The van der Waals surface area contributed by atoms with E-state index in [1.165, 1.54) is 12.1 Å². The zero-order chi connectivity index (χ0) is 15.7. The molecule has 3 nitrogen and oxygen atoms in total. The zero-order valence-corrected chi connectivity index (χ0v) is 11.7. The Bertz CT molecular complexity index is 556. The third-order valence-corrected chi connectivity index (χ3v) is 3.60. The Morgan fingerprint density at radius 3 is 2.81 bits per heavy atom. The minimum atomic E-state index is -4.36. The number of nitrogens with zero attached hydrogens (tertiary/aromatic N) is 1. The number of carbonyl (C=O) groups is 1. The van der Waals surface area contributed by atoms with E-state index in [4.69, 9.17) is 0 Å². The number of likely N-dealkylation sites (tertiary alicyclic amines) is 1. The van der Waals surface area contributed by atoms with Crippen LogP contribution in [0.2, 0.25) is 0 Å². The molecule has 6 heteroatoms. The number of amides is 1. The molecule has 0 radical (unpaired) electrons. The van der Waals surface area contributed by atoms with Crippen molar-refractivity contribution in [3.8, 4) is 0 Å². The Kier molecular flexibility index (Phi) is 3.98. The van der Waals surface area contributed by atoms with Crippen LogP contribution in [0.4, 0.5) is 18.9 Å². The number of carbonyl (C=O) groups excluding carboxylic acids is 1. The molecule has 0 unspecified atom stereocenters. The summed E-state index contributed by atoms with van der Waals surface area (Å²) in [6.45, 7) is 6.33. The molecule has 2 rings (SSSR count). The second-order valence-corrected chi connectivity index (χ2v) is 5.48. The number of hydrogen-bond donors (Lipinski definition) is 1. The van der Waals surface area contributed by atoms with Gasteiger partial charge in [0.1, 0.15) is 0 Å². The topological polar surface area (TPSA) is 32.3 Å². The number of rotatable bonds is 3. The van der Waals surface area contributed by atoms with Crippen molar-refractivity contribution in [3.63, 3.8) is 0 Å². The van der Waals surface area contributed by atoms with Gasteiger partial charge in [-0.1, -0.05) is 12.6 Å². The molecule has 1 fully saturated rings. The number of halogens is 3. The minimum Gasteiger partial charge on any atom is -0.378 e. The molecule has 1 aliphatic heterocycles. The maximum absolute atomic E-state index is 12.7.